The highest BCUT2D eigenvalue weighted by molar-refractivity contribution is 6.29. The number of likely N-dealkylation sites (N-methyl/N-ethyl adjacent to an activating group) is 2. The number of nitrogens with zero attached hydrogens (tertiary/aromatic N) is 4. The van der Waals surface area contributed by atoms with E-state index in [4.69, 9.17) is 20.9 Å². The first-order chi connectivity index (χ1) is 32.0. The van der Waals surface area contributed by atoms with Crippen LogP contribution < -0.4 is 11.5 Å². The normalized spacial score (nSPS) is 20.7. The van der Waals surface area contributed by atoms with Crippen molar-refractivity contribution >= 4 is 46.9 Å². The molecule has 2 saturated carbocycles. The van der Waals surface area contributed by atoms with Crippen molar-refractivity contribution in [1.82, 2.24) is 19.6 Å². The second kappa shape index (κ2) is 21.6. The summed E-state index contributed by atoms with van der Waals surface area (Å²) in [5.41, 5.74) is 7.71. The molecular weight excluding hydrogens is 903 g/mol. The number of anilines is 2. The number of rotatable bonds is 18. The zero-order chi connectivity index (χ0) is 49.6. The van der Waals surface area contributed by atoms with E-state index in [0.29, 0.717) is 114 Å². The van der Waals surface area contributed by atoms with E-state index in [2.05, 4.69) is 0 Å². The van der Waals surface area contributed by atoms with Gasteiger partial charge in [-0.3, -0.25) is 29.0 Å². The molecule has 0 bridgehead atoms. The fourth-order valence-corrected chi connectivity index (χ4v) is 10.4. The van der Waals surface area contributed by atoms with E-state index in [-0.39, 0.29) is 50.1 Å². The van der Waals surface area contributed by atoms with Crippen molar-refractivity contribution in [3.05, 3.63) is 58.7 Å². The van der Waals surface area contributed by atoms with Crippen molar-refractivity contribution in [2.45, 2.75) is 127 Å². The van der Waals surface area contributed by atoms with E-state index in [1.807, 2.05) is 23.9 Å². The van der Waals surface area contributed by atoms with Gasteiger partial charge in [-0.15, -0.1) is 0 Å². The molecule has 4 amide bonds. The number of piperidine rings is 2. The lowest BCUT2D eigenvalue weighted by Crippen LogP contribution is -2.52. The molecule has 2 unspecified atom stereocenters. The van der Waals surface area contributed by atoms with Gasteiger partial charge in [-0.25, -0.2) is 9.59 Å². The SMILES string of the molecule is CN(CCCCN1C(=O)CC2(CCCC2OC(=O)C(=O)OC2CCCC23CC(=O)N(CCCCN(C)CCc2ccc(N)c(C(F)(F)F)c2)C(=O)C3)CC1=O)CCc1ccc(N)c(C(F)(F)F)c1. The van der Waals surface area contributed by atoms with Gasteiger partial charge in [-0.1, -0.05) is 12.1 Å². The number of ether oxygens (including phenoxy) is 2. The summed E-state index contributed by atoms with van der Waals surface area (Å²) >= 11 is 0. The standard InChI is InChI=1S/C48H62F6N6O8/c1-57(23-15-31-11-13-35(55)33(25-31)47(49,50)51)19-3-5-21-59-39(61)27-45(28-40(59)62)17-7-9-37(45)67-43(65)44(66)68-38-10-8-18-46(38)29-41(63)60(42(64)30-46)22-6-4-20-58(2)24-16-32-12-14-36(56)34(26-32)48(52,53)54/h11-14,25-26,37-38H,3-10,15-24,27-30,55-56H2,1-2H3. The van der Waals surface area contributed by atoms with Gasteiger partial charge in [0.2, 0.25) is 23.6 Å². The highest BCUT2D eigenvalue weighted by Gasteiger charge is 2.55. The van der Waals surface area contributed by atoms with Gasteiger partial charge in [-0.05, 0) is 140 Å². The number of nitrogen functional groups attached to an aromatic ring is 2. The number of unbranched alkanes of at least 4 members (excludes halogenated alkanes) is 2. The van der Waals surface area contributed by atoms with Crippen LogP contribution in [0.3, 0.4) is 0 Å². The van der Waals surface area contributed by atoms with Gasteiger partial charge in [0.1, 0.15) is 12.2 Å². The molecule has 374 valence electrons. The maximum atomic E-state index is 13.4. The van der Waals surface area contributed by atoms with Crippen molar-refractivity contribution in [2.75, 3.05) is 64.8 Å². The molecule has 2 spiro atoms. The summed E-state index contributed by atoms with van der Waals surface area (Å²) in [7, 11) is 3.68. The highest BCUT2D eigenvalue weighted by atomic mass is 19.4. The smallest absolute Gasteiger partial charge is 0.418 e. The van der Waals surface area contributed by atoms with Crippen molar-refractivity contribution < 1.29 is 64.6 Å². The number of benzene rings is 2. The number of esters is 2. The van der Waals surface area contributed by atoms with Gasteiger partial charge >= 0.3 is 24.3 Å². The average molecular weight is 965 g/mol. The molecule has 68 heavy (non-hydrogen) atoms. The van der Waals surface area contributed by atoms with Crippen LogP contribution in [0, 0.1) is 10.8 Å². The molecule has 4 N–H and O–H groups in total. The van der Waals surface area contributed by atoms with Gasteiger partial charge < -0.3 is 30.7 Å². The molecular formula is C48H62F6N6O8. The predicted octanol–water partition coefficient (Wildman–Crippen LogP) is 6.56. The molecule has 2 aromatic carbocycles. The first kappa shape index (κ1) is 52.1. The third-order valence-electron chi connectivity index (χ3n) is 14.3. The van der Waals surface area contributed by atoms with Crippen LogP contribution in [0.1, 0.15) is 112 Å². The summed E-state index contributed by atoms with van der Waals surface area (Å²) in [6, 6.07) is 7.76. The largest absolute Gasteiger partial charge is 0.453 e. The van der Waals surface area contributed by atoms with Crippen LogP contribution in [0.2, 0.25) is 0 Å². The fourth-order valence-electron chi connectivity index (χ4n) is 10.4. The predicted molar refractivity (Wildman–Crippen MR) is 237 cm³/mol. The number of amides is 4. The Hall–Kier alpha value is -5.24. The first-order valence-corrected chi connectivity index (χ1v) is 23.4. The van der Waals surface area contributed by atoms with E-state index in [1.165, 1.54) is 21.9 Å². The van der Waals surface area contributed by atoms with Gasteiger partial charge in [0, 0.05) is 74.1 Å². The number of halogens is 6. The maximum absolute atomic E-state index is 13.4. The van der Waals surface area contributed by atoms with Crippen LogP contribution in [-0.4, -0.2) is 121 Å². The third kappa shape index (κ3) is 12.7. The summed E-state index contributed by atoms with van der Waals surface area (Å²) in [5.74, 6) is -4.12. The van der Waals surface area contributed by atoms with Crippen molar-refractivity contribution in [2.24, 2.45) is 10.8 Å². The van der Waals surface area contributed by atoms with E-state index in [9.17, 15) is 55.1 Å². The molecule has 20 heteroatoms. The monoisotopic (exact) mass is 964 g/mol. The van der Waals surface area contributed by atoms with Crippen LogP contribution in [0.5, 0.6) is 0 Å². The van der Waals surface area contributed by atoms with E-state index >= 15 is 0 Å². The Labute approximate surface area is 392 Å². The lowest BCUT2D eigenvalue weighted by atomic mass is 9.74. The van der Waals surface area contributed by atoms with Crippen LogP contribution in [-0.2, 0) is 63.4 Å². The van der Waals surface area contributed by atoms with Crippen molar-refractivity contribution in [3.8, 4) is 0 Å². The van der Waals surface area contributed by atoms with Gasteiger partial charge in [0.05, 0.1) is 11.1 Å². The Bertz CT molecular complexity index is 2020. The number of nitrogens with two attached hydrogens (primary N) is 2. The summed E-state index contributed by atoms with van der Waals surface area (Å²) in [4.78, 5) is 86.5. The zero-order valence-electron chi connectivity index (χ0n) is 38.7. The number of carbonyl (C=O) groups is 6. The summed E-state index contributed by atoms with van der Waals surface area (Å²) in [6.07, 6.45) is -5.31. The van der Waals surface area contributed by atoms with Crippen LogP contribution in [0.15, 0.2) is 36.4 Å². The molecule has 2 atom stereocenters. The second-order valence-corrected chi connectivity index (χ2v) is 19.2. The van der Waals surface area contributed by atoms with Crippen molar-refractivity contribution in [1.29, 1.82) is 0 Å². The second-order valence-electron chi connectivity index (χ2n) is 19.2. The molecule has 4 aliphatic rings. The van der Waals surface area contributed by atoms with E-state index in [1.54, 1.807) is 12.1 Å². The number of likely N-dealkylation sites (tertiary alicyclic amines) is 2. The van der Waals surface area contributed by atoms with Gasteiger partial charge in [-0.2, -0.15) is 26.3 Å². The minimum Gasteiger partial charge on any atom is -0.453 e. The number of hydrogen-bond acceptors (Lipinski definition) is 12. The quantitative estimate of drug-likeness (QED) is 0.0410. The summed E-state index contributed by atoms with van der Waals surface area (Å²) in [6.45, 7) is 2.51. The number of carbonyl (C=O) groups excluding carboxylic acids is 6. The minimum absolute atomic E-state index is 0.0458. The maximum Gasteiger partial charge on any atom is 0.418 e. The highest BCUT2D eigenvalue weighted by Crippen LogP contribution is 2.50. The molecule has 6 rings (SSSR count). The number of hydrogen-bond donors (Lipinski definition) is 2. The van der Waals surface area contributed by atoms with Crippen molar-refractivity contribution in [3.63, 3.8) is 0 Å². The Kier molecular flexibility index (Phi) is 16.6. The van der Waals surface area contributed by atoms with Gasteiger partial charge in [0.25, 0.3) is 0 Å². The minimum atomic E-state index is -4.54. The number of alkyl halides is 6. The van der Waals surface area contributed by atoms with E-state index < -0.39 is 82.1 Å². The summed E-state index contributed by atoms with van der Waals surface area (Å²) in [5, 5.41) is 0. The topological polar surface area (TPSA) is 186 Å². The zero-order valence-corrected chi connectivity index (χ0v) is 38.7. The van der Waals surface area contributed by atoms with Crippen LogP contribution in [0.25, 0.3) is 0 Å². The van der Waals surface area contributed by atoms with Crippen LogP contribution >= 0.6 is 0 Å². The molecule has 2 aliphatic carbocycles. The molecule has 2 aromatic rings. The molecule has 2 saturated heterocycles. The Balaban J connectivity index is 0.908. The molecule has 0 radical (unpaired) electrons. The molecule has 2 heterocycles. The Morgan fingerprint density at radius 1 is 0.603 bits per heavy atom. The van der Waals surface area contributed by atoms with Gasteiger partial charge in [0.15, 0.2) is 0 Å². The summed E-state index contributed by atoms with van der Waals surface area (Å²) < 4.78 is 90.9. The lowest BCUT2D eigenvalue weighted by Gasteiger charge is -2.41. The molecule has 4 fully saturated rings. The van der Waals surface area contributed by atoms with E-state index in [0.717, 1.165) is 12.1 Å². The Morgan fingerprint density at radius 2 is 0.956 bits per heavy atom. The molecule has 14 nitrogen and oxygen atoms in total. The lowest BCUT2D eigenvalue weighted by molar-refractivity contribution is -0.184. The Morgan fingerprint density at radius 3 is 1.29 bits per heavy atom. The third-order valence-corrected chi connectivity index (χ3v) is 14.3. The molecule has 0 aromatic heterocycles. The first-order valence-electron chi connectivity index (χ1n) is 23.4. The fraction of sp³-hybridized carbons (Fsp3) is 0.625. The molecule has 2 aliphatic heterocycles. The van der Waals surface area contributed by atoms with Crippen LogP contribution in [0.4, 0.5) is 37.7 Å². The number of imide groups is 2. The average Bonchev–Trinajstić information content (AvgIpc) is 3.81.